The molecular weight excluding hydrogens is 294 g/mol. The summed E-state index contributed by atoms with van der Waals surface area (Å²) in [5.74, 6) is 0.752. The van der Waals surface area contributed by atoms with Crippen LogP contribution in [-0.2, 0) is 6.54 Å². The molecule has 0 aliphatic rings. The van der Waals surface area contributed by atoms with Gasteiger partial charge in [0.1, 0.15) is 16.7 Å². The zero-order chi connectivity index (χ0) is 15.4. The van der Waals surface area contributed by atoms with Gasteiger partial charge in [-0.2, -0.15) is 0 Å². The van der Waals surface area contributed by atoms with Crippen molar-refractivity contribution in [2.75, 3.05) is 0 Å². The highest BCUT2D eigenvalue weighted by molar-refractivity contribution is 6.31. The van der Waals surface area contributed by atoms with Gasteiger partial charge in [-0.15, -0.1) is 0 Å². The van der Waals surface area contributed by atoms with Crippen molar-refractivity contribution in [1.29, 1.82) is 0 Å². The van der Waals surface area contributed by atoms with Gasteiger partial charge in [-0.3, -0.25) is 4.99 Å². The largest absolute Gasteiger partial charge is 0.328 e. The summed E-state index contributed by atoms with van der Waals surface area (Å²) < 4.78 is 0. The van der Waals surface area contributed by atoms with E-state index in [9.17, 15) is 0 Å². The van der Waals surface area contributed by atoms with Crippen LogP contribution in [0.2, 0.25) is 5.15 Å². The number of imidazole rings is 1. The van der Waals surface area contributed by atoms with Crippen molar-refractivity contribution < 1.29 is 0 Å². The van der Waals surface area contributed by atoms with Gasteiger partial charge >= 0.3 is 0 Å². The number of nitrogens with one attached hydrogen (secondary N) is 1. The fraction of sp³-hybridized carbons (Fsp3) is 0.111. The van der Waals surface area contributed by atoms with E-state index < -0.39 is 0 Å². The van der Waals surface area contributed by atoms with E-state index in [1.54, 1.807) is 6.21 Å². The molecule has 0 atom stereocenters. The summed E-state index contributed by atoms with van der Waals surface area (Å²) in [7, 11) is 0. The summed E-state index contributed by atoms with van der Waals surface area (Å²) in [6.07, 6.45) is 1.71. The second-order valence-electron chi connectivity index (χ2n) is 5.11. The number of aryl methyl sites for hydroxylation is 1. The number of benzene rings is 2. The maximum Gasteiger partial charge on any atom is 0.139 e. The Hall–Kier alpha value is -2.39. The van der Waals surface area contributed by atoms with Crippen LogP contribution in [0.3, 0.4) is 0 Å². The third-order valence-corrected chi connectivity index (χ3v) is 3.63. The van der Waals surface area contributed by atoms with Crippen LogP contribution in [-0.4, -0.2) is 16.2 Å². The van der Waals surface area contributed by atoms with E-state index in [1.165, 1.54) is 5.56 Å². The highest BCUT2D eigenvalue weighted by Crippen LogP contribution is 2.20. The molecule has 4 heteroatoms. The maximum atomic E-state index is 6.19. The van der Waals surface area contributed by atoms with Crippen molar-refractivity contribution in [2.24, 2.45) is 4.99 Å². The first-order chi connectivity index (χ1) is 10.7. The van der Waals surface area contributed by atoms with Gasteiger partial charge in [0.05, 0.1) is 12.8 Å². The average Bonchev–Trinajstić information content (AvgIpc) is 2.91. The molecule has 1 N–H and O–H groups in total. The number of H-pyrrole nitrogens is 1. The van der Waals surface area contributed by atoms with Crippen LogP contribution in [0.15, 0.2) is 59.6 Å². The molecule has 22 heavy (non-hydrogen) atoms. The quantitative estimate of drug-likeness (QED) is 0.700. The van der Waals surface area contributed by atoms with Crippen molar-refractivity contribution in [1.82, 2.24) is 9.97 Å². The fourth-order valence-electron chi connectivity index (χ4n) is 2.11. The Balaban J connectivity index is 1.74. The monoisotopic (exact) mass is 309 g/mol. The average molecular weight is 310 g/mol. The van der Waals surface area contributed by atoms with Gasteiger partial charge in [-0.05, 0) is 12.5 Å². The lowest BCUT2D eigenvalue weighted by atomic mass is 10.1. The normalized spacial score (nSPS) is 11.2. The zero-order valence-electron chi connectivity index (χ0n) is 12.3. The number of nitrogens with zero attached hydrogens (tertiary/aromatic N) is 2. The molecule has 3 nitrogen and oxygen atoms in total. The minimum absolute atomic E-state index is 0.506. The second kappa shape index (κ2) is 6.58. The van der Waals surface area contributed by atoms with E-state index in [0.29, 0.717) is 17.4 Å². The van der Waals surface area contributed by atoms with Crippen LogP contribution in [0.4, 0.5) is 0 Å². The standard InChI is InChI=1S/C18H16ClN3/c1-13-7-9-14(10-8-13)11-20-12-16-17(19)22-18(21-16)15-5-3-2-4-6-15/h2-10,12H,11H2,1H3,(H,21,22). The number of aromatic amines is 1. The van der Waals surface area contributed by atoms with E-state index in [1.807, 2.05) is 30.3 Å². The van der Waals surface area contributed by atoms with Crippen LogP contribution in [0, 0.1) is 6.92 Å². The summed E-state index contributed by atoms with van der Waals surface area (Å²) in [6, 6.07) is 18.2. The third kappa shape index (κ3) is 3.43. The molecule has 1 heterocycles. The van der Waals surface area contributed by atoms with Gasteiger partial charge in [-0.1, -0.05) is 71.8 Å². The van der Waals surface area contributed by atoms with Crippen LogP contribution in [0.25, 0.3) is 11.4 Å². The van der Waals surface area contributed by atoms with E-state index in [-0.39, 0.29) is 0 Å². The van der Waals surface area contributed by atoms with Crippen molar-refractivity contribution >= 4 is 17.8 Å². The Labute approximate surface area is 134 Å². The molecule has 0 amide bonds. The minimum atomic E-state index is 0.506. The summed E-state index contributed by atoms with van der Waals surface area (Å²) in [6.45, 7) is 2.69. The Morgan fingerprint density at radius 2 is 1.82 bits per heavy atom. The molecule has 0 aliphatic carbocycles. The molecule has 0 unspecified atom stereocenters. The van der Waals surface area contributed by atoms with Crippen molar-refractivity contribution in [3.8, 4) is 11.4 Å². The van der Waals surface area contributed by atoms with Crippen molar-refractivity contribution in [3.63, 3.8) is 0 Å². The Morgan fingerprint density at radius 1 is 1.09 bits per heavy atom. The molecule has 0 spiro atoms. The Kier molecular flexibility index (Phi) is 4.35. The van der Waals surface area contributed by atoms with Crippen LogP contribution in [0.5, 0.6) is 0 Å². The molecule has 0 radical (unpaired) electrons. The fourth-order valence-corrected chi connectivity index (χ4v) is 2.30. The first-order valence-electron chi connectivity index (χ1n) is 7.08. The molecule has 110 valence electrons. The molecule has 0 saturated carbocycles. The molecule has 3 aromatic rings. The number of aromatic nitrogens is 2. The van der Waals surface area contributed by atoms with Crippen LogP contribution >= 0.6 is 11.6 Å². The smallest absolute Gasteiger partial charge is 0.139 e. The summed E-state index contributed by atoms with van der Waals surface area (Å²) in [4.78, 5) is 12.0. The van der Waals surface area contributed by atoms with E-state index in [0.717, 1.165) is 17.0 Å². The van der Waals surface area contributed by atoms with Gasteiger partial charge in [0.2, 0.25) is 0 Å². The highest BCUT2D eigenvalue weighted by Gasteiger charge is 2.07. The predicted molar refractivity (Wildman–Crippen MR) is 91.5 cm³/mol. The molecule has 1 aromatic heterocycles. The van der Waals surface area contributed by atoms with E-state index in [4.69, 9.17) is 11.6 Å². The van der Waals surface area contributed by atoms with Crippen molar-refractivity contribution in [3.05, 3.63) is 76.6 Å². The lowest BCUT2D eigenvalue weighted by Crippen LogP contribution is -1.86. The van der Waals surface area contributed by atoms with Crippen LogP contribution < -0.4 is 0 Å². The Bertz CT molecular complexity index is 774. The molecule has 0 saturated heterocycles. The molecule has 2 aromatic carbocycles. The SMILES string of the molecule is Cc1ccc(CN=Cc2nc(-c3ccccc3)[nH]c2Cl)cc1. The lowest BCUT2D eigenvalue weighted by molar-refractivity contribution is 1.07. The molecule has 0 fully saturated rings. The van der Waals surface area contributed by atoms with E-state index in [2.05, 4.69) is 46.1 Å². The molecule has 0 aliphatic heterocycles. The van der Waals surface area contributed by atoms with Gasteiger partial charge in [0, 0.05) is 5.56 Å². The summed E-state index contributed by atoms with van der Waals surface area (Å²) in [5, 5.41) is 0.506. The third-order valence-electron chi connectivity index (χ3n) is 3.34. The number of hydrogen-bond acceptors (Lipinski definition) is 2. The molecule has 0 bridgehead atoms. The number of rotatable bonds is 4. The first-order valence-corrected chi connectivity index (χ1v) is 7.46. The summed E-state index contributed by atoms with van der Waals surface area (Å²) in [5.41, 5.74) is 4.07. The zero-order valence-corrected chi connectivity index (χ0v) is 13.0. The molecular formula is C18H16ClN3. The van der Waals surface area contributed by atoms with Gasteiger partial charge in [0.25, 0.3) is 0 Å². The van der Waals surface area contributed by atoms with Gasteiger partial charge in [-0.25, -0.2) is 4.98 Å². The maximum absolute atomic E-state index is 6.19. The Morgan fingerprint density at radius 3 is 2.55 bits per heavy atom. The first kappa shape index (κ1) is 14.5. The number of aliphatic imine (C=N–C) groups is 1. The van der Waals surface area contributed by atoms with Gasteiger partial charge < -0.3 is 4.98 Å². The minimum Gasteiger partial charge on any atom is -0.328 e. The highest BCUT2D eigenvalue weighted by atomic mass is 35.5. The second-order valence-corrected chi connectivity index (χ2v) is 5.48. The summed E-state index contributed by atoms with van der Waals surface area (Å²) >= 11 is 6.19. The van der Waals surface area contributed by atoms with Crippen molar-refractivity contribution in [2.45, 2.75) is 13.5 Å². The predicted octanol–water partition coefficient (Wildman–Crippen LogP) is 4.66. The number of halogens is 1. The topological polar surface area (TPSA) is 41.0 Å². The lowest BCUT2D eigenvalue weighted by Gasteiger charge is -1.96. The van der Waals surface area contributed by atoms with Crippen LogP contribution in [0.1, 0.15) is 16.8 Å². The van der Waals surface area contributed by atoms with E-state index >= 15 is 0 Å². The van der Waals surface area contributed by atoms with Gasteiger partial charge in [0.15, 0.2) is 0 Å². The molecule has 3 rings (SSSR count). The number of hydrogen-bond donors (Lipinski definition) is 1.